The Hall–Kier alpha value is -3.42. The first-order valence-corrected chi connectivity index (χ1v) is 9.04. The van der Waals surface area contributed by atoms with Crippen LogP contribution in [0.25, 0.3) is 11.5 Å². The lowest BCUT2D eigenvalue weighted by molar-refractivity contribution is -0.114. The van der Waals surface area contributed by atoms with Crippen molar-refractivity contribution < 1.29 is 9.18 Å². The van der Waals surface area contributed by atoms with Gasteiger partial charge in [0, 0.05) is 24.5 Å². The quantitative estimate of drug-likeness (QED) is 0.687. The largest absolute Gasteiger partial charge is 0.350 e. The van der Waals surface area contributed by atoms with Crippen LogP contribution in [0, 0.1) is 5.95 Å². The molecule has 0 saturated heterocycles. The summed E-state index contributed by atoms with van der Waals surface area (Å²) in [5, 5.41) is 2.72. The minimum Gasteiger partial charge on any atom is -0.350 e. The van der Waals surface area contributed by atoms with Crippen LogP contribution in [-0.2, 0) is 17.6 Å². The van der Waals surface area contributed by atoms with Gasteiger partial charge in [-0.1, -0.05) is 6.07 Å². The first kappa shape index (κ1) is 18.0. The molecule has 0 radical (unpaired) electrons. The number of pyridine rings is 2. The van der Waals surface area contributed by atoms with Crippen molar-refractivity contribution in [3.8, 4) is 11.5 Å². The minimum absolute atomic E-state index is 0.0997. The fourth-order valence-electron chi connectivity index (χ4n) is 3.28. The number of hydrogen-bond donors (Lipinski definition) is 1. The van der Waals surface area contributed by atoms with Gasteiger partial charge < -0.3 is 10.2 Å². The maximum atomic E-state index is 12.9. The van der Waals surface area contributed by atoms with E-state index in [0.717, 1.165) is 36.3 Å². The highest BCUT2D eigenvalue weighted by atomic mass is 19.1. The average Bonchev–Trinajstić information content (AvgIpc) is 3.18. The summed E-state index contributed by atoms with van der Waals surface area (Å²) in [5.74, 6) is 0.483. The molecular formula is C20H19FN6O. The first-order chi connectivity index (χ1) is 13.6. The van der Waals surface area contributed by atoms with E-state index in [0.29, 0.717) is 17.2 Å². The van der Waals surface area contributed by atoms with Crippen molar-refractivity contribution in [3.63, 3.8) is 0 Å². The number of aryl methyl sites for hydroxylation is 1. The van der Waals surface area contributed by atoms with Gasteiger partial charge in [-0.25, -0.2) is 15.0 Å². The number of hydrogen-bond acceptors (Lipinski definition) is 6. The standard InChI is InChI=1S/C20H19FN6O/c1-27(12-18(28)24-13-8-9-17(21)23-11-13)20-14-5-4-7-15(14)25-19(26-20)16-6-2-3-10-22-16/h2-3,6,8-11H,4-5,7,12H2,1H3,(H,24,28). The number of carbonyl (C=O) groups is 1. The summed E-state index contributed by atoms with van der Waals surface area (Å²) >= 11 is 0. The molecule has 0 fully saturated rings. The Labute approximate surface area is 161 Å². The molecule has 1 N–H and O–H groups in total. The lowest BCUT2D eigenvalue weighted by Gasteiger charge is -2.21. The molecule has 3 aromatic rings. The summed E-state index contributed by atoms with van der Waals surface area (Å²) in [6.45, 7) is 0.0997. The molecule has 142 valence electrons. The third-order valence-electron chi connectivity index (χ3n) is 4.56. The second kappa shape index (κ2) is 7.67. The fraction of sp³-hybridized carbons (Fsp3) is 0.250. The Kier molecular flexibility index (Phi) is 4.92. The van der Waals surface area contributed by atoms with E-state index in [9.17, 15) is 9.18 Å². The van der Waals surface area contributed by atoms with Crippen molar-refractivity contribution in [2.45, 2.75) is 19.3 Å². The van der Waals surface area contributed by atoms with Gasteiger partial charge in [-0.2, -0.15) is 4.39 Å². The molecule has 7 nitrogen and oxygen atoms in total. The number of anilines is 2. The van der Waals surface area contributed by atoms with E-state index >= 15 is 0 Å². The lowest BCUT2D eigenvalue weighted by Crippen LogP contribution is -2.31. The number of aromatic nitrogens is 4. The third kappa shape index (κ3) is 3.80. The van der Waals surface area contributed by atoms with E-state index < -0.39 is 5.95 Å². The fourth-order valence-corrected chi connectivity index (χ4v) is 3.28. The smallest absolute Gasteiger partial charge is 0.243 e. The van der Waals surface area contributed by atoms with Crippen LogP contribution in [0.4, 0.5) is 15.9 Å². The van der Waals surface area contributed by atoms with Crippen LogP contribution in [0.5, 0.6) is 0 Å². The van der Waals surface area contributed by atoms with Crippen LogP contribution < -0.4 is 10.2 Å². The number of nitrogens with one attached hydrogen (secondary N) is 1. The topological polar surface area (TPSA) is 83.9 Å². The average molecular weight is 378 g/mol. The molecule has 0 unspecified atom stereocenters. The van der Waals surface area contributed by atoms with Crippen molar-refractivity contribution >= 4 is 17.4 Å². The molecular weight excluding hydrogens is 359 g/mol. The SMILES string of the molecule is CN(CC(=O)Nc1ccc(F)nc1)c1nc(-c2ccccn2)nc2c1CCC2. The maximum Gasteiger partial charge on any atom is 0.243 e. The van der Waals surface area contributed by atoms with E-state index in [1.54, 1.807) is 6.20 Å². The normalized spacial score (nSPS) is 12.5. The van der Waals surface area contributed by atoms with Crippen LogP contribution >= 0.6 is 0 Å². The Morgan fingerprint density at radius 3 is 2.82 bits per heavy atom. The predicted molar refractivity (Wildman–Crippen MR) is 103 cm³/mol. The van der Waals surface area contributed by atoms with E-state index in [2.05, 4.69) is 20.3 Å². The molecule has 0 aromatic carbocycles. The van der Waals surface area contributed by atoms with Crippen molar-refractivity contribution in [2.24, 2.45) is 0 Å². The number of nitrogens with zero attached hydrogens (tertiary/aromatic N) is 5. The van der Waals surface area contributed by atoms with Gasteiger partial charge in [0.05, 0.1) is 18.4 Å². The zero-order valence-corrected chi connectivity index (χ0v) is 15.4. The second-order valence-corrected chi connectivity index (χ2v) is 6.64. The number of halogens is 1. The third-order valence-corrected chi connectivity index (χ3v) is 4.56. The molecule has 0 saturated carbocycles. The molecule has 1 aliphatic rings. The Bertz CT molecular complexity index is 994. The molecule has 8 heteroatoms. The summed E-state index contributed by atoms with van der Waals surface area (Å²) in [6, 6.07) is 8.29. The number of fused-ring (bicyclic) bond motifs is 1. The van der Waals surface area contributed by atoms with Crippen LogP contribution in [0.1, 0.15) is 17.7 Å². The molecule has 3 aromatic heterocycles. The monoisotopic (exact) mass is 378 g/mol. The number of carbonyl (C=O) groups excluding carboxylic acids is 1. The zero-order valence-electron chi connectivity index (χ0n) is 15.4. The highest BCUT2D eigenvalue weighted by Crippen LogP contribution is 2.30. The maximum absolute atomic E-state index is 12.9. The second-order valence-electron chi connectivity index (χ2n) is 6.64. The van der Waals surface area contributed by atoms with Crippen molar-refractivity contribution in [2.75, 3.05) is 23.8 Å². The van der Waals surface area contributed by atoms with Crippen molar-refractivity contribution in [3.05, 3.63) is 59.9 Å². The highest BCUT2D eigenvalue weighted by Gasteiger charge is 2.23. The number of rotatable bonds is 5. The molecule has 0 atom stereocenters. The van der Waals surface area contributed by atoms with Crippen LogP contribution in [0.3, 0.4) is 0 Å². The summed E-state index contributed by atoms with van der Waals surface area (Å²) in [5.41, 5.74) is 3.25. The number of likely N-dealkylation sites (N-methyl/N-ethyl adjacent to an activating group) is 1. The summed E-state index contributed by atoms with van der Waals surface area (Å²) in [4.78, 5) is 31.5. The molecule has 0 aliphatic heterocycles. The molecule has 28 heavy (non-hydrogen) atoms. The van der Waals surface area contributed by atoms with Gasteiger partial charge in [0.2, 0.25) is 11.9 Å². The lowest BCUT2D eigenvalue weighted by atomic mass is 10.2. The van der Waals surface area contributed by atoms with Crippen molar-refractivity contribution in [1.29, 1.82) is 0 Å². The zero-order chi connectivity index (χ0) is 19.5. The Balaban J connectivity index is 1.56. The van der Waals surface area contributed by atoms with Gasteiger partial charge in [0.1, 0.15) is 11.5 Å². The van der Waals surface area contributed by atoms with E-state index in [-0.39, 0.29) is 12.5 Å². The van der Waals surface area contributed by atoms with Gasteiger partial charge in [0.15, 0.2) is 5.82 Å². The number of amides is 1. The van der Waals surface area contributed by atoms with Gasteiger partial charge >= 0.3 is 0 Å². The molecule has 1 amide bonds. The van der Waals surface area contributed by atoms with E-state index in [1.807, 2.05) is 30.1 Å². The van der Waals surface area contributed by atoms with Crippen LogP contribution in [-0.4, -0.2) is 39.4 Å². The molecule has 4 rings (SSSR count). The van der Waals surface area contributed by atoms with Gasteiger partial charge in [-0.15, -0.1) is 0 Å². The molecule has 0 bridgehead atoms. The first-order valence-electron chi connectivity index (χ1n) is 9.04. The summed E-state index contributed by atoms with van der Waals surface area (Å²) in [7, 11) is 1.83. The van der Waals surface area contributed by atoms with E-state index in [4.69, 9.17) is 4.98 Å². The molecule has 0 spiro atoms. The van der Waals surface area contributed by atoms with Crippen LogP contribution in [0.15, 0.2) is 42.7 Å². The van der Waals surface area contributed by atoms with E-state index in [1.165, 1.54) is 18.3 Å². The summed E-state index contributed by atoms with van der Waals surface area (Å²) < 4.78 is 12.9. The Morgan fingerprint density at radius 2 is 2.07 bits per heavy atom. The van der Waals surface area contributed by atoms with Crippen LogP contribution in [0.2, 0.25) is 0 Å². The minimum atomic E-state index is -0.589. The van der Waals surface area contributed by atoms with Gasteiger partial charge in [-0.05, 0) is 43.5 Å². The molecule has 3 heterocycles. The predicted octanol–water partition coefficient (Wildman–Crippen LogP) is 2.64. The van der Waals surface area contributed by atoms with Gasteiger partial charge in [0.25, 0.3) is 0 Å². The highest BCUT2D eigenvalue weighted by molar-refractivity contribution is 5.93. The Morgan fingerprint density at radius 1 is 1.18 bits per heavy atom. The van der Waals surface area contributed by atoms with Crippen molar-refractivity contribution in [1.82, 2.24) is 19.9 Å². The summed E-state index contributed by atoms with van der Waals surface area (Å²) in [6.07, 6.45) is 5.80. The molecule has 1 aliphatic carbocycles. The van der Waals surface area contributed by atoms with Gasteiger partial charge in [-0.3, -0.25) is 9.78 Å².